The Morgan fingerprint density at radius 3 is 2.00 bits per heavy atom. The normalized spacial score (nSPS) is 32.5. The summed E-state index contributed by atoms with van der Waals surface area (Å²) in [5, 5.41) is 10.7. The summed E-state index contributed by atoms with van der Waals surface area (Å²) in [7, 11) is 0. The average molecular weight is 279 g/mol. The highest BCUT2D eigenvalue weighted by atomic mass is 16.9. The summed E-state index contributed by atoms with van der Waals surface area (Å²) < 4.78 is 17.4. The molecule has 0 aromatic heterocycles. The molecule has 20 heavy (non-hydrogen) atoms. The van der Waals surface area contributed by atoms with Crippen molar-refractivity contribution in [1.29, 1.82) is 0 Å². The third-order valence-corrected chi connectivity index (χ3v) is 4.31. The van der Waals surface area contributed by atoms with E-state index in [1.165, 1.54) is 12.1 Å². The van der Waals surface area contributed by atoms with E-state index in [4.69, 9.17) is 14.2 Å². The number of hydrogen-bond donors (Lipinski definition) is 0. The van der Waals surface area contributed by atoms with Gasteiger partial charge in [-0.3, -0.25) is 10.1 Å². The predicted octanol–water partition coefficient (Wildman–Crippen LogP) is 2.42. The maximum atomic E-state index is 10.7. The van der Waals surface area contributed by atoms with E-state index < -0.39 is 10.9 Å². The molecule has 3 aliphatic rings. The Hall–Kier alpha value is -1.50. The van der Waals surface area contributed by atoms with Gasteiger partial charge >= 0.3 is 5.97 Å². The van der Waals surface area contributed by atoms with Crippen LogP contribution in [0.4, 0.5) is 5.69 Å². The summed E-state index contributed by atoms with van der Waals surface area (Å²) in [6, 6.07) is 6.09. The first-order valence-corrected chi connectivity index (χ1v) is 6.64. The van der Waals surface area contributed by atoms with Crippen LogP contribution in [0.25, 0.3) is 0 Å². The molecule has 0 radical (unpaired) electrons. The van der Waals surface area contributed by atoms with Crippen LogP contribution in [0.3, 0.4) is 0 Å². The van der Waals surface area contributed by atoms with Crippen molar-refractivity contribution in [2.75, 3.05) is 19.8 Å². The second-order valence-electron chi connectivity index (χ2n) is 5.74. The van der Waals surface area contributed by atoms with Crippen LogP contribution in [0, 0.1) is 21.4 Å². The number of nitro benzene ring substituents is 1. The summed E-state index contributed by atoms with van der Waals surface area (Å²) in [6.45, 7) is 5.96. The maximum absolute atomic E-state index is 10.7. The molecule has 6 heteroatoms. The van der Waals surface area contributed by atoms with Crippen LogP contribution in [0.1, 0.15) is 19.4 Å². The Labute approximate surface area is 116 Å². The predicted molar refractivity (Wildman–Crippen MR) is 69.9 cm³/mol. The standard InChI is InChI=1S/C14H17NO5/c1-10(2)13-7-18-14(19-8-13,20-9-13)11-3-5-12(6-4-11)15(16)17/h3-6,10H,7-9H2,1-2H3. The molecular weight excluding hydrogens is 262 g/mol. The fourth-order valence-corrected chi connectivity index (χ4v) is 2.50. The number of non-ortho nitro benzene ring substituents is 1. The average Bonchev–Trinajstić information content (AvgIpc) is 2.49. The van der Waals surface area contributed by atoms with Gasteiger partial charge in [0.25, 0.3) is 5.69 Å². The van der Waals surface area contributed by atoms with Crippen LogP contribution in [-0.4, -0.2) is 24.7 Å². The molecule has 0 spiro atoms. The Morgan fingerprint density at radius 2 is 1.60 bits per heavy atom. The van der Waals surface area contributed by atoms with Crippen LogP contribution in [-0.2, 0) is 20.2 Å². The van der Waals surface area contributed by atoms with Crippen molar-refractivity contribution in [2.45, 2.75) is 19.8 Å². The second-order valence-corrected chi connectivity index (χ2v) is 5.74. The number of hydrogen-bond acceptors (Lipinski definition) is 5. The maximum Gasteiger partial charge on any atom is 0.312 e. The summed E-state index contributed by atoms with van der Waals surface area (Å²) >= 11 is 0. The number of benzene rings is 1. The number of ether oxygens (including phenoxy) is 3. The molecule has 3 saturated heterocycles. The van der Waals surface area contributed by atoms with Gasteiger partial charge in [-0.15, -0.1) is 0 Å². The zero-order chi connectivity index (χ0) is 14.4. The monoisotopic (exact) mass is 279 g/mol. The molecule has 2 bridgehead atoms. The van der Waals surface area contributed by atoms with Crippen LogP contribution in [0.2, 0.25) is 0 Å². The van der Waals surface area contributed by atoms with E-state index in [1.807, 2.05) is 0 Å². The van der Waals surface area contributed by atoms with Crippen molar-refractivity contribution in [3.8, 4) is 0 Å². The lowest BCUT2D eigenvalue weighted by Crippen LogP contribution is -2.60. The molecular formula is C14H17NO5. The van der Waals surface area contributed by atoms with Gasteiger partial charge in [-0.1, -0.05) is 13.8 Å². The molecule has 0 saturated carbocycles. The third-order valence-electron chi connectivity index (χ3n) is 4.31. The van der Waals surface area contributed by atoms with Crippen LogP contribution < -0.4 is 0 Å². The Balaban J connectivity index is 1.84. The van der Waals surface area contributed by atoms with Gasteiger partial charge < -0.3 is 14.2 Å². The highest BCUT2D eigenvalue weighted by Gasteiger charge is 2.54. The molecule has 6 nitrogen and oxygen atoms in total. The summed E-state index contributed by atoms with van der Waals surface area (Å²) in [5.41, 5.74) is 0.594. The fraction of sp³-hybridized carbons (Fsp3) is 0.571. The minimum absolute atomic E-state index is 0.0355. The van der Waals surface area contributed by atoms with Crippen molar-refractivity contribution in [2.24, 2.45) is 11.3 Å². The number of rotatable bonds is 3. The third kappa shape index (κ3) is 1.91. The quantitative estimate of drug-likeness (QED) is 0.627. The van der Waals surface area contributed by atoms with Gasteiger partial charge in [0.05, 0.1) is 24.7 Å². The molecule has 0 unspecified atom stereocenters. The molecule has 3 aliphatic heterocycles. The van der Waals surface area contributed by atoms with Gasteiger partial charge in [-0.25, -0.2) is 0 Å². The number of fused-ring (bicyclic) bond motifs is 3. The molecule has 0 N–H and O–H groups in total. The summed E-state index contributed by atoms with van der Waals surface area (Å²) in [5.74, 6) is -0.802. The second kappa shape index (κ2) is 4.51. The topological polar surface area (TPSA) is 70.8 Å². The lowest BCUT2D eigenvalue weighted by molar-refractivity contribution is -0.484. The van der Waals surface area contributed by atoms with Crippen molar-refractivity contribution in [3.63, 3.8) is 0 Å². The first-order valence-electron chi connectivity index (χ1n) is 6.64. The van der Waals surface area contributed by atoms with Gasteiger partial charge in [0, 0.05) is 23.1 Å². The van der Waals surface area contributed by atoms with Gasteiger partial charge in [-0.05, 0) is 18.1 Å². The molecule has 0 amide bonds. The highest BCUT2D eigenvalue weighted by molar-refractivity contribution is 5.34. The van der Waals surface area contributed by atoms with Gasteiger partial charge in [0.2, 0.25) is 0 Å². The minimum Gasteiger partial charge on any atom is -0.323 e. The van der Waals surface area contributed by atoms with Crippen LogP contribution in [0.15, 0.2) is 24.3 Å². The van der Waals surface area contributed by atoms with E-state index in [0.29, 0.717) is 31.3 Å². The fourth-order valence-electron chi connectivity index (χ4n) is 2.50. The Morgan fingerprint density at radius 1 is 1.10 bits per heavy atom. The van der Waals surface area contributed by atoms with Crippen LogP contribution >= 0.6 is 0 Å². The highest BCUT2D eigenvalue weighted by Crippen LogP contribution is 2.47. The molecule has 1 aromatic rings. The van der Waals surface area contributed by atoms with E-state index in [0.717, 1.165) is 0 Å². The van der Waals surface area contributed by atoms with Crippen molar-refractivity contribution >= 4 is 5.69 Å². The smallest absolute Gasteiger partial charge is 0.312 e. The van der Waals surface area contributed by atoms with Gasteiger partial charge in [0.15, 0.2) is 0 Å². The number of nitro groups is 1. The molecule has 0 aliphatic carbocycles. The molecule has 1 aromatic carbocycles. The van der Waals surface area contributed by atoms with Crippen molar-refractivity contribution in [3.05, 3.63) is 39.9 Å². The van der Waals surface area contributed by atoms with E-state index in [9.17, 15) is 10.1 Å². The van der Waals surface area contributed by atoms with Crippen LogP contribution in [0.5, 0.6) is 0 Å². The van der Waals surface area contributed by atoms with Gasteiger partial charge in [-0.2, -0.15) is 0 Å². The molecule has 4 rings (SSSR count). The SMILES string of the molecule is CC(C)C12COC(c3ccc([N+](=O)[O-])cc3)(OC1)OC2. The molecule has 3 heterocycles. The van der Waals surface area contributed by atoms with E-state index in [1.54, 1.807) is 12.1 Å². The van der Waals surface area contributed by atoms with Gasteiger partial charge in [0.1, 0.15) is 0 Å². The van der Waals surface area contributed by atoms with E-state index in [2.05, 4.69) is 13.8 Å². The van der Waals surface area contributed by atoms with E-state index in [-0.39, 0.29) is 11.1 Å². The Kier molecular flexibility index (Phi) is 3.04. The largest absolute Gasteiger partial charge is 0.323 e. The number of nitrogens with zero attached hydrogens (tertiary/aromatic N) is 1. The lowest BCUT2D eigenvalue weighted by Gasteiger charge is -2.53. The zero-order valence-corrected chi connectivity index (χ0v) is 11.5. The minimum atomic E-state index is -1.20. The summed E-state index contributed by atoms with van der Waals surface area (Å²) in [4.78, 5) is 10.2. The first kappa shape index (κ1) is 13.5. The lowest BCUT2D eigenvalue weighted by atomic mass is 9.77. The summed E-state index contributed by atoms with van der Waals surface area (Å²) in [6.07, 6.45) is 0. The molecule has 108 valence electrons. The zero-order valence-electron chi connectivity index (χ0n) is 11.5. The van der Waals surface area contributed by atoms with E-state index >= 15 is 0 Å². The first-order chi connectivity index (χ1) is 9.47. The van der Waals surface area contributed by atoms with Crippen molar-refractivity contribution in [1.82, 2.24) is 0 Å². The molecule has 0 atom stereocenters. The molecule has 3 fully saturated rings. The van der Waals surface area contributed by atoms with Crippen molar-refractivity contribution < 1.29 is 19.1 Å². The Bertz CT molecular complexity index is 500.